The van der Waals surface area contributed by atoms with E-state index < -0.39 is 0 Å². The third kappa shape index (κ3) is 1.97. The van der Waals surface area contributed by atoms with Crippen LogP contribution in [-0.4, -0.2) is 17.6 Å². The Morgan fingerprint density at radius 3 is 2.71 bits per heavy atom. The number of rotatable bonds is 2. The first-order valence-electron chi connectivity index (χ1n) is 5.50. The number of ether oxygens (including phenoxy) is 1. The minimum atomic E-state index is -0.295. The summed E-state index contributed by atoms with van der Waals surface area (Å²) in [5.41, 5.74) is 3.58. The first kappa shape index (κ1) is 12.2. The van der Waals surface area contributed by atoms with E-state index in [0.717, 1.165) is 26.5 Å². The highest BCUT2D eigenvalue weighted by molar-refractivity contribution is 9.10. The van der Waals surface area contributed by atoms with Gasteiger partial charge in [0.2, 0.25) is 0 Å². The van der Waals surface area contributed by atoms with Crippen molar-refractivity contribution in [3.8, 4) is 0 Å². The number of fused-ring (bicyclic) bond motifs is 1. The number of hydrogen-bond donors (Lipinski definition) is 1. The Morgan fingerprint density at radius 1 is 1.35 bits per heavy atom. The maximum Gasteiger partial charge on any atom is 0.355 e. The molecule has 1 aromatic carbocycles. The van der Waals surface area contributed by atoms with Crippen molar-refractivity contribution in [2.24, 2.45) is 0 Å². The summed E-state index contributed by atoms with van der Waals surface area (Å²) in [7, 11) is 0. The number of aromatic nitrogens is 1. The number of H-pyrrole nitrogens is 1. The molecule has 0 atom stereocenters. The molecule has 0 radical (unpaired) electrons. The lowest BCUT2D eigenvalue weighted by atomic mass is 10.1. The first-order valence-corrected chi connectivity index (χ1v) is 6.30. The van der Waals surface area contributed by atoms with Crippen LogP contribution in [0.25, 0.3) is 10.9 Å². The molecule has 0 aliphatic heterocycles. The normalized spacial score (nSPS) is 10.8. The van der Waals surface area contributed by atoms with Gasteiger partial charge in [0.1, 0.15) is 5.69 Å². The molecule has 0 saturated carbocycles. The molecule has 0 bridgehead atoms. The van der Waals surface area contributed by atoms with Crippen molar-refractivity contribution in [2.75, 3.05) is 6.61 Å². The summed E-state index contributed by atoms with van der Waals surface area (Å²) >= 11 is 3.50. The summed E-state index contributed by atoms with van der Waals surface area (Å²) in [5, 5.41) is 1.09. The third-order valence-corrected chi connectivity index (χ3v) is 3.75. The number of esters is 1. The van der Waals surface area contributed by atoms with Gasteiger partial charge >= 0.3 is 5.97 Å². The predicted octanol–water partition coefficient (Wildman–Crippen LogP) is 3.72. The number of nitrogens with one attached hydrogen (secondary N) is 1. The van der Waals surface area contributed by atoms with E-state index in [1.807, 2.05) is 26.0 Å². The van der Waals surface area contributed by atoms with E-state index in [0.29, 0.717) is 12.3 Å². The zero-order valence-electron chi connectivity index (χ0n) is 10.1. The van der Waals surface area contributed by atoms with Gasteiger partial charge in [-0.05, 0) is 44.0 Å². The Kier molecular flexibility index (Phi) is 3.24. The maximum atomic E-state index is 11.8. The van der Waals surface area contributed by atoms with Crippen LogP contribution >= 0.6 is 15.9 Å². The van der Waals surface area contributed by atoms with E-state index >= 15 is 0 Å². The van der Waals surface area contributed by atoms with Gasteiger partial charge in [0, 0.05) is 15.4 Å². The zero-order valence-corrected chi connectivity index (χ0v) is 11.6. The Balaban J connectivity index is 2.65. The molecule has 1 N–H and O–H groups in total. The second-order valence-corrected chi connectivity index (χ2v) is 4.79. The van der Waals surface area contributed by atoms with Gasteiger partial charge in [-0.3, -0.25) is 0 Å². The number of halogens is 1. The lowest BCUT2D eigenvalue weighted by molar-refractivity contribution is 0.0520. The van der Waals surface area contributed by atoms with Gasteiger partial charge in [0.15, 0.2) is 0 Å². The highest BCUT2D eigenvalue weighted by Gasteiger charge is 2.17. The molecule has 0 amide bonds. The van der Waals surface area contributed by atoms with Gasteiger partial charge in [0.25, 0.3) is 0 Å². The molecule has 0 fully saturated rings. The Labute approximate surface area is 108 Å². The van der Waals surface area contributed by atoms with E-state index in [1.54, 1.807) is 6.92 Å². The fourth-order valence-electron chi connectivity index (χ4n) is 2.03. The highest BCUT2D eigenvalue weighted by atomic mass is 79.9. The van der Waals surface area contributed by atoms with Crippen LogP contribution in [0.5, 0.6) is 0 Å². The van der Waals surface area contributed by atoms with Gasteiger partial charge in [-0.15, -0.1) is 0 Å². The third-order valence-electron chi connectivity index (χ3n) is 2.89. The number of hydrogen-bond acceptors (Lipinski definition) is 2. The van der Waals surface area contributed by atoms with Crippen molar-refractivity contribution >= 4 is 32.8 Å². The summed E-state index contributed by atoms with van der Waals surface area (Å²) in [5.74, 6) is -0.295. The lowest BCUT2D eigenvalue weighted by Crippen LogP contribution is -2.06. The highest BCUT2D eigenvalue weighted by Crippen LogP contribution is 2.30. The molecule has 1 heterocycles. The fourth-order valence-corrected chi connectivity index (χ4v) is 2.36. The number of benzene rings is 1. The van der Waals surface area contributed by atoms with Crippen LogP contribution in [0.2, 0.25) is 0 Å². The summed E-state index contributed by atoms with van der Waals surface area (Å²) in [6.07, 6.45) is 0. The molecule has 3 nitrogen and oxygen atoms in total. The van der Waals surface area contributed by atoms with Gasteiger partial charge in [0.05, 0.1) is 6.61 Å². The molecule has 4 heteroatoms. The largest absolute Gasteiger partial charge is 0.461 e. The Morgan fingerprint density at radius 2 is 2.06 bits per heavy atom. The van der Waals surface area contributed by atoms with Crippen molar-refractivity contribution < 1.29 is 9.53 Å². The molecule has 0 unspecified atom stereocenters. The second-order valence-electron chi connectivity index (χ2n) is 3.94. The molecular weight excluding hydrogens is 282 g/mol. The summed E-state index contributed by atoms with van der Waals surface area (Å²) in [6.45, 7) is 6.15. The van der Waals surface area contributed by atoms with E-state index in [2.05, 4.69) is 20.9 Å². The van der Waals surface area contributed by atoms with Crippen LogP contribution in [-0.2, 0) is 4.74 Å². The average Bonchev–Trinajstić information content (AvgIpc) is 2.62. The Hall–Kier alpha value is -1.29. The number of aromatic amines is 1. The SMILES string of the molecule is CCOC(=O)c1[nH]c2ccc(Br)c(C)c2c1C. The number of carbonyl (C=O) groups excluding carboxylic acids is 1. The monoisotopic (exact) mass is 295 g/mol. The van der Waals surface area contributed by atoms with E-state index in [9.17, 15) is 4.79 Å². The second kappa shape index (κ2) is 4.53. The van der Waals surface area contributed by atoms with Crippen LogP contribution < -0.4 is 0 Å². The summed E-state index contributed by atoms with van der Waals surface area (Å²) in [6, 6.07) is 3.94. The van der Waals surface area contributed by atoms with Crippen molar-refractivity contribution in [2.45, 2.75) is 20.8 Å². The summed E-state index contributed by atoms with van der Waals surface area (Å²) < 4.78 is 6.07. The maximum absolute atomic E-state index is 11.8. The van der Waals surface area contributed by atoms with Crippen molar-refractivity contribution in [3.05, 3.63) is 33.4 Å². The molecule has 2 aromatic rings. The molecule has 2 rings (SSSR count). The predicted molar refractivity (Wildman–Crippen MR) is 71.4 cm³/mol. The molecule has 0 spiro atoms. The van der Waals surface area contributed by atoms with Crippen LogP contribution in [0.15, 0.2) is 16.6 Å². The van der Waals surface area contributed by atoms with E-state index in [4.69, 9.17) is 4.74 Å². The molecule has 1 aromatic heterocycles. The zero-order chi connectivity index (χ0) is 12.6. The standard InChI is InChI=1S/C13H14BrNO2/c1-4-17-13(16)12-8(3)11-7(2)9(14)5-6-10(11)15-12/h5-6,15H,4H2,1-3H3. The molecule has 0 aliphatic rings. The average molecular weight is 296 g/mol. The minimum Gasteiger partial charge on any atom is -0.461 e. The van der Waals surface area contributed by atoms with Crippen LogP contribution in [0, 0.1) is 13.8 Å². The van der Waals surface area contributed by atoms with Gasteiger partial charge < -0.3 is 9.72 Å². The molecule has 0 aliphatic carbocycles. The molecule has 17 heavy (non-hydrogen) atoms. The van der Waals surface area contributed by atoms with Crippen molar-refractivity contribution in [1.29, 1.82) is 0 Å². The number of aryl methyl sites for hydroxylation is 2. The summed E-state index contributed by atoms with van der Waals surface area (Å²) in [4.78, 5) is 14.9. The topological polar surface area (TPSA) is 42.1 Å². The first-order chi connectivity index (χ1) is 8.06. The van der Waals surface area contributed by atoms with Crippen LogP contribution in [0.1, 0.15) is 28.5 Å². The smallest absolute Gasteiger partial charge is 0.355 e. The van der Waals surface area contributed by atoms with Crippen LogP contribution in [0.4, 0.5) is 0 Å². The van der Waals surface area contributed by atoms with Gasteiger partial charge in [-0.1, -0.05) is 15.9 Å². The van der Waals surface area contributed by atoms with Gasteiger partial charge in [-0.25, -0.2) is 4.79 Å². The molecule has 90 valence electrons. The van der Waals surface area contributed by atoms with E-state index in [1.165, 1.54) is 0 Å². The minimum absolute atomic E-state index is 0.295. The van der Waals surface area contributed by atoms with Crippen molar-refractivity contribution in [1.82, 2.24) is 4.98 Å². The quantitative estimate of drug-likeness (QED) is 0.858. The molecular formula is C13H14BrNO2. The van der Waals surface area contributed by atoms with Gasteiger partial charge in [-0.2, -0.15) is 0 Å². The Bertz CT molecular complexity index is 587. The van der Waals surface area contributed by atoms with Crippen molar-refractivity contribution in [3.63, 3.8) is 0 Å². The van der Waals surface area contributed by atoms with Crippen LogP contribution in [0.3, 0.4) is 0 Å². The lowest BCUT2D eigenvalue weighted by Gasteiger charge is -2.01. The van der Waals surface area contributed by atoms with E-state index in [-0.39, 0.29) is 5.97 Å². The fraction of sp³-hybridized carbons (Fsp3) is 0.308. The number of carbonyl (C=O) groups is 1. The molecule has 0 saturated heterocycles.